The van der Waals surface area contributed by atoms with Gasteiger partial charge in [-0.2, -0.15) is 0 Å². The topological polar surface area (TPSA) is 3.24 Å². The summed E-state index contributed by atoms with van der Waals surface area (Å²) in [6.45, 7) is 7.12. The van der Waals surface area contributed by atoms with Crippen LogP contribution in [0.25, 0.3) is 0 Å². The van der Waals surface area contributed by atoms with Gasteiger partial charge < -0.3 is 0 Å². The molecule has 1 nitrogen and oxygen atoms in total. The van der Waals surface area contributed by atoms with Gasteiger partial charge in [-0.3, -0.25) is 4.90 Å². The van der Waals surface area contributed by atoms with Gasteiger partial charge in [0.15, 0.2) is 0 Å². The number of hydrogen-bond donors (Lipinski definition) is 0. The van der Waals surface area contributed by atoms with Crippen LogP contribution >= 0.6 is 0 Å². The van der Waals surface area contributed by atoms with Gasteiger partial charge in [0.25, 0.3) is 0 Å². The highest BCUT2D eigenvalue weighted by molar-refractivity contribution is 5.04. The van der Waals surface area contributed by atoms with Crippen molar-refractivity contribution in [3.63, 3.8) is 0 Å². The highest BCUT2D eigenvalue weighted by Crippen LogP contribution is 2.24. The summed E-state index contributed by atoms with van der Waals surface area (Å²) in [4.78, 5) is 2.38. The van der Waals surface area contributed by atoms with Gasteiger partial charge in [0.1, 0.15) is 0 Å². The molecule has 0 aromatic rings. The minimum atomic E-state index is 0.595. The summed E-state index contributed by atoms with van der Waals surface area (Å²) < 4.78 is 0. The molecule has 1 heteroatoms. The molecule has 0 amide bonds. The summed E-state index contributed by atoms with van der Waals surface area (Å²) in [6, 6.07) is 0.595. The van der Waals surface area contributed by atoms with E-state index in [0.29, 0.717) is 12.0 Å². The van der Waals surface area contributed by atoms with Crippen molar-refractivity contribution in [2.24, 2.45) is 5.92 Å². The molecule has 1 aliphatic rings. The molecule has 0 spiro atoms. The normalized spacial score (nSPS) is 33.3. The predicted molar refractivity (Wildman–Crippen MR) is 49.5 cm³/mol. The molecule has 1 saturated heterocycles. The lowest BCUT2D eigenvalue weighted by atomic mass is 10.0. The average molecular weight is 151 g/mol. The second-order valence-electron chi connectivity index (χ2n) is 3.19. The Hall–Kier alpha value is -0.560. The van der Waals surface area contributed by atoms with Crippen molar-refractivity contribution in [2.45, 2.75) is 19.4 Å². The van der Waals surface area contributed by atoms with Crippen LogP contribution in [0.3, 0.4) is 0 Å². The molecule has 1 rings (SSSR count). The minimum absolute atomic E-state index is 0.595. The van der Waals surface area contributed by atoms with Gasteiger partial charge in [-0.1, -0.05) is 18.2 Å². The zero-order chi connectivity index (χ0) is 8.27. The van der Waals surface area contributed by atoms with Crippen LogP contribution in [0.2, 0.25) is 0 Å². The number of likely N-dealkylation sites (N-methyl/N-ethyl adjacent to an activating group) is 1. The molecule has 1 heterocycles. The summed E-state index contributed by atoms with van der Waals surface area (Å²) in [7, 11) is 2.17. The van der Waals surface area contributed by atoms with Gasteiger partial charge in [0, 0.05) is 6.04 Å². The van der Waals surface area contributed by atoms with Crippen LogP contribution in [0.5, 0.6) is 0 Å². The Morgan fingerprint density at radius 1 is 1.55 bits per heavy atom. The van der Waals surface area contributed by atoms with Crippen LogP contribution in [0.15, 0.2) is 24.8 Å². The Morgan fingerprint density at radius 3 is 2.82 bits per heavy atom. The van der Waals surface area contributed by atoms with Crippen LogP contribution in [-0.4, -0.2) is 24.5 Å². The smallest absolute Gasteiger partial charge is 0.0338 e. The molecule has 0 aromatic heterocycles. The van der Waals surface area contributed by atoms with Gasteiger partial charge in [-0.25, -0.2) is 0 Å². The van der Waals surface area contributed by atoms with Crippen LogP contribution in [0, 0.1) is 5.92 Å². The first-order valence-corrected chi connectivity index (χ1v) is 4.25. The second-order valence-corrected chi connectivity index (χ2v) is 3.19. The zero-order valence-electron chi connectivity index (χ0n) is 7.46. The molecule has 0 aromatic carbocycles. The first kappa shape index (κ1) is 8.54. The van der Waals surface area contributed by atoms with E-state index in [4.69, 9.17) is 0 Å². The minimum Gasteiger partial charge on any atom is -0.299 e. The molecule has 0 radical (unpaired) electrons. The van der Waals surface area contributed by atoms with Gasteiger partial charge in [0.05, 0.1) is 0 Å². The number of nitrogens with zero attached hydrogens (tertiary/aromatic N) is 1. The summed E-state index contributed by atoms with van der Waals surface area (Å²) in [5, 5.41) is 0. The number of hydrogen-bond acceptors (Lipinski definition) is 1. The van der Waals surface area contributed by atoms with Crippen molar-refractivity contribution in [2.75, 3.05) is 13.6 Å². The van der Waals surface area contributed by atoms with Crippen molar-refractivity contribution < 1.29 is 0 Å². The van der Waals surface area contributed by atoms with Crippen LogP contribution in [0.4, 0.5) is 0 Å². The van der Waals surface area contributed by atoms with Crippen LogP contribution in [0.1, 0.15) is 13.3 Å². The molecular formula is C10H17N. The standard InChI is InChI=1S/C10H17N/c1-4-6-10-9(5-2)7-8-11(10)3/h4-6,9-10H,2,7-8H2,1,3H3/b6-4-. The molecular weight excluding hydrogens is 134 g/mol. The van der Waals surface area contributed by atoms with Crippen LogP contribution in [-0.2, 0) is 0 Å². The van der Waals surface area contributed by atoms with E-state index in [1.165, 1.54) is 13.0 Å². The van der Waals surface area contributed by atoms with E-state index in [2.05, 4.69) is 43.7 Å². The van der Waals surface area contributed by atoms with E-state index in [9.17, 15) is 0 Å². The van der Waals surface area contributed by atoms with Crippen molar-refractivity contribution in [1.29, 1.82) is 0 Å². The lowest BCUT2D eigenvalue weighted by Gasteiger charge is -2.18. The maximum Gasteiger partial charge on any atom is 0.0338 e. The molecule has 0 N–H and O–H groups in total. The fraction of sp³-hybridized carbons (Fsp3) is 0.600. The molecule has 1 fully saturated rings. The Bertz CT molecular complexity index is 160. The summed E-state index contributed by atoms with van der Waals surface area (Å²) in [5.74, 6) is 0.663. The Balaban J connectivity index is 2.62. The fourth-order valence-electron chi connectivity index (χ4n) is 1.74. The van der Waals surface area contributed by atoms with E-state index in [1.807, 2.05) is 0 Å². The van der Waals surface area contributed by atoms with Crippen molar-refractivity contribution in [3.05, 3.63) is 24.8 Å². The average Bonchev–Trinajstić information content (AvgIpc) is 2.34. The van der Waals surface area contributed by atoms with E-state index in [0.717, 1.165) is 0 Å². The Morgan fingerprint density at radius 2 is 2.27 bits per heavy atom. The third-order valence-electron chi connectivity index (χ3n) is 2.46. The van der Waals surface area contributed by atoms with Crippen molar-refractivity contribution >= 4 is 0 Å². The van der Waals surface area contributed by atoms with Gasteiger partial charge in [0.2, 0.25) is 0 Å². The monoisotopic (exact) mass is 151 g/mol. The van der Waals surface area contributed by atoms with Crippen molar-refractivity contribution in [1.82, 2.24) is 4.90 Å². The molecule has 11 heavy (non-hydrogen) atoms. The fourth-order valence-corrected chi connectivity index (χ4v) is 1.74. The zero-order valence-corrected chi connectivity index (χ0v) is 7.46. The number of rotatable bonds is 2. The lowest BCUT2D eigenvalue weighted by Crippen LogP contribution is -2.26. The molecule has 0 bridgehead atoms. The SMILES string of the molecule is C=CC1CCN(C)C1/C=C\C. The third-order valence-corrected chi connectivity index (χ3v) is 2.46. The Labute approximate surface area is 69.4 Å². The maximum atomic E-state index is 3.85. The number of allylic oxidation sites excluding steroid dienone is 1. The van der Waals surface area contributed by atoms with Gasteiger partial charge in [-0.05, 0) is 32.9 Å². The maximum absolute atomic E-state index is 3.85. The molecule has 2 atom stereocenters. The van der Waals surface area contributed by atoms with E-state index in [1.54, 1.807) is 0 Å². The predicted octanol–water partition coefficient (Wildman–Crippen LogP) is 2.07. The Kier molecular flexibility index (Phi) is 2.89. The van der Waals surface area contributed by atoms with Crippen LogP contribution < -0.4 is 0 Å². The van der Waals surface area contributed by atoms with E-state index < -0.39 is 0 Å². The second kappa shape index (κ2) is 3.72. The largest absolute Gasteiger partial charge is 0.299 e. The quantitative estimate of drug-likeness (QED) is 0.546. The first-order chi connectivity index (χ1) is 5.29. The first-order valence-electron chi connectivity index (χ1n) is 4.25. The van der Waals surface area contributed by atoms with E-state index >= 15 is 0 Å². The van der Waals surface area contributed by atoms with Gasteiger partial charge in [-0.15, -0.1) is 6.58 Å². The number of likely N-dealkylation sites (tertiary alicyclic amines) is 1. The highest BCUT2D eigenvalue weighted by atomic mass is 15.1. The highest BCUT2D eigenvalue weighted by Gasteiger charge is 2.26. The molecule has 1 aliphatic heterocycles. The summed E-state index contributed by atoms with van der Waals surface area (Å²) in [6.07, 6.45) is 7.73. The van der Waals surface area contributed by atoms with E-state index in [-0.39, 0.29) is 0 Å². The van der Waals surface area contributed by atoms with Crippen molar-refractivity contribution in [3.8, 4) is 0 Å². The van der Waals surface area contributed by atoms with Gasteiger partial charge >= 0.3 is 0 Å². The molecule has 0 aliphatic carbocycles. The molecule has 0 saturated carbocycles. The summed E-state index contributed by atoms with van der Waals surface area (Å²) in [5.41, 5.74) is 0. The summed E-state index contributed by atoms with van der Waals surface area (Å²) >= 11 is 0. The molecule has 2 unspecified atom stereocenters. The third kappa shape index (κ3) is 1.72. The molecule has 62 valence electrons. The lowest BCUT2D eigenvalue weighted by molar-refractivity contribution is 0.340.